The summed E-state index contributed by atoms with van der Waals surface area (Å²) in [6.07, 6.45) is 0. The van der Waals surface area contributed by atoms with Gasteiger partial charge >= 0.3 is 0 Å². The highest BCUT2D eigenvalue weighted by atomic mass is 15.2. The lowest BCUT2D eigenvalue weighted by Gasteiger charge is -2.36. The third-order valence-electron chi connectivity index (χ3n) is 5.79. The van der Waals surface area contributed by atoms with Gasteiger partial charge in [-0.05, 0) is 49.1 Å². The third kappa shape index (κ3) is 2.40. The van der Waals surface area contributed by atoms with E-state index in [4.69, 9.17) is 4.98 Å². The van der Waals surface area contributed by atoms with Gasteiger partial charge in [-0.15, -0.1) is 0 Å². The minimum atomic E-state index is -0.182. The number of fused-ring (bicyclic) bond motifs is 2. The van der Waals surface area contributed by atoms with Crippen molar-refractivity contribution in [3.8, 4) is 11.1 Å². The van der Waals surface area contributed by atoms with Gasteiger partial charge in [-0.2, -0.15) is 0 Å². The van der Waals surface area contributed by atoms with Crippen LogP contribution in [0.15, 0.2) is 78.9 Å². The Kier molecular flexibility index (Phi) is 3.22. The molecule has 1 aliphatic heterocycles. The molecule has 0 aliphatic carbocycles. The SMILES string of the molecule is CC1(C)Nc2cccc3c(-c4c5ccccc5nc5ccccc45)ccc(c23)N1. The van der Waals surface area contributed by atoms with Crippen molar-refractivity contribution in [2.24, 2.45) is 0 Å². The molecule has 3 nitrogen and oxygen atoms in total. The van der Waals surface area contributed by atoms with E-state index in [-0.39, 0.29) is 5.66 Å². The van der Waals surface area contributed by atoms with Crippen molar-refractivity contribution in [1.29, 1.82) is 0 Å². The summed E-state index contributed by atoms with van der Waals surface area (Å²) in [6, 6.07) is 27.9. The van der Waals surface area contributed by atoms with Crippen LogP contribution < -0.4 is 10.6 Å². The standard InChI is InChI=1S/C26H21N3/c1-26(2)28-22-13-7-10-16-17(14-15-23(29-26)25(16)22)24-18-8-3-5-11-20(18)27-21-12-6-4-9-19(21)24/h3-15,28-29H,1-2H3. The van der Waals surface area contributed by atoms with Crippen LogP contribution in [0.3, 0.4) is 0 Å². The summed E-state index contributed by atoms with van der Waals surface area (Å²) in [4.78, 5) is 4.90. The van der Waals surface area contributed by atoms with Gasteiger partial charge < -0.3 is 10.6 Å². The van der Waals surface area contributed by atoms with Crippen LogP contribution in [0.4, 0.5) is 11.4 Å². The Balaban J connectivity index is 1.77. The Hall–Kier alpha value is -3.59. The fourth-order valence-corrected chi connectivity index (χ4v) is 4.67. The molecule has 0 atom stereocenters. The lowest BCUT2D eigenvalue weighted by atomic mass is 9.90. The van der Waals surface area contributed by atoms with E-state index in [1.807, 2.05) is 0 Å². The van der Waals surface area contributed by atoms with E-state index in [1.165, 1.54) is 44.0 Å². The molecule has 0 fully saturated rings. The molecule has 140 valence electrons. The van der Waals surface area contributed by atoms with Crippen LogP contribution in [0.5, 0.6) is 0 Å². The molecule has 0 saturated carbocycles. The Morgan fingerprint density at radius 1 is 0.621 bits per heavy atom. The van der Waals surface area contributed by atoms with E-state index < -0.39 is 0 Å². The van der Waals surface area contributed by atoms with Crippen LogP contribution in [0.2, 0.25) is 0 Å². The Labute approximate surface area is 169 Å². The molecule has 1 aromatic heterocycles. The quantitative estimate of drug-likeness (QED) is 0.317. The first kappa shape index (κ1) is 16.4. The highest BCUT2D eigenvalue weighted by molar-refractivity contribution is 6.18. The number of aromatic nitrogens is 1. The second kappa shape index (κ2) is 5.71. The van der Waals surface area contributed by atoms with Gasteiger partial charge in [-0.3, -0.25) is 0 Å². The third-order valence-corrected chi connectivity index (χ3v) is 5.79. The number of nitrogens with one attached hydrogen (secondary N) is 2. The van der Waals surface area contributed by atoms with Gasteiger partial charge in [0.1, 0.15) is 5.66 Å². The predicted octanol–water partition coefficient (Wildman–Crippen LogP) is 6.78. The van der Waals surface area contributed by atoms with Crippen LogP contribution in [0.1, 0.15) is 13.8 Å². The molecule has 0 spiro atoms. The molecule has 3 heteroatoms. The van der Waals surface area contributed by atoms with Gasteiger partial charge in [0.2, 0.25) is 0 Å². The van der Waals surface area contributed by atoms with Crippen molar-refractivity contribution in [3.63, 3.8) is 0 Å². The van der Waals surface area contributed by atoms with Gasteiger partial charge in [0.15, 0.2) is 0 Å². The van der Waals surface area contributed by atoms with E-state index in [0.717, 1.165) is 11.0 Å². The number of hydrogen-bond donors (Lipinski definition) is 2. The zero-order valence-electron chi connectivity index (χ0n) is 16.5. The number of nitrogens with zero attached hydrogens (tertiary/aromatic N) is 1. The average Bonchev–Trinajstić information content (AvgIpc) is 2.72. The van der Waals surface area contributed by atoms with E-state index in [0.29, 0.717) is 0 Å². The zero-order valence-corrected chi connectivity index (χ0v) is 16.5. The van der Waals surface area contributed by atoms with E-state index in [9.17, 15) is 0 Å². The molecule has 1 aliphatic rings. The first-order chi connectivity index (χ1) is 14.1. The maximum absolute atomic E-state index is 4.90. The van der Waals surface area contributed by atoms with E-state index in [2.05, 4.69) is 103 Å². The fraction of sp³-hybridized carbons (Fsp3) is 0.115. The van der Waals surface area contributed by atoms with Crippen molar-refractivity contribution < 1.29 is 0 Å². The Morgan fingerprint density at radius 3 is 1.90 bits per heavy atom. The highest BCUT2D eigenvalue weighted by Crippen LogP contribution is 2.44. The summed E-state index contributed by atoms with van der Waals surface area (Å²) < 4.78 is 0. The summed E-state index contributed by atoms with van der Waals surface area (Å²) in [5.74, 6) is 0. The van der Waals surface area contributed by atoms with Crippen molar-refractivity contribution >= 4 is 44.0 Å². The normalized spacial score (nSPS) is 14.7. The van der Waals surface area contributed by atoms with Crippen LogP contribution >= 0.6 is 0 Å². The van der Waals surface area contributed by atoms with Gasteiger partial charge in [0.25, 0.3) is 0 Å². The molecule has 0 saturated heterocycles. The second-order valence-corrected chi connectivity index (χ2v) is 8.28. The fourth-order valence-electron chi connectivity index (χ4n) is 4.67. The average molecular weight is 375 g/mol. The van der Waals surface area contributed by atoms with Crippen LogP contribution in [-0.4, -0.2) is 10.6 Å². The largest absolute Gasteiger partial charge is 0.363 e. The molecule has 2 N–H and O–H groups in total. The molecular weight excluding hydrogens is 354 g/mol. The summed E-state index contributed by atoms with van der Waals surface area (Å²) in [6.45, 7) is 4.32. The minimum Gasteiger partial charge on any atom is -0.363 e. The number of hydrogen-bond acceptors (Lipinski definition) is 3. The molecule has 0 amide bonds. The van der Waals surface area contributed by atoms with E-state index in [1.54, 1.807) is 0 Å². The summed E-state index contributed by atoms with van der Waals surface area (Å²) in [7, 11) is 0. The number of pyridine rings is 1. The first-order valence-corrected chi connectivity index (χ1v) is 10.0. The maximum Gasteiger partial charge on any atom is 0.102 e. The predicted molar refractivity (Wildman–Crippen MR) is 124 cm³/mol. The molecule has 0 radical (unpaired) electrons. The Bertz CT molecular complexity index is 1360. The highest BCUT2D eigenvalue weighted by Gasteiger charge is 2.26. The molecule has 6 rings (SSSR count). The van der Waals surface area contributed by atoms with Crippen molar-refractivity contribution in [1.82, 2.24) is 4.98 Å². The second-order valence-electron chi connectivity index (χ2n) is 8.28. The molecule has 29 heavy (non-hydrogen) atoms. The zero-order chi connectivity index (χ0) is 19.6. The van der Waals surface area contributed by atoms with Gasteiger partial charge in [0, 0.05) is 33.1 Å². The molecular formula is C26H21N3. The maximum atomic E-state index is 4.90. The lowest BCUT2D eigenvalue weighted by Crippen LogP contribution is -2.41. The molecule has 4 aromatic carbocycles. The molecule has 0 bridgehead atoms. The minimum absolute atomic E-state index is 0.182. The number of benzene rings is 4. The van der Waals surface area contributed by atoms with Crippen molar-refractivity contribution in [2.45, 2.75) is 19.5 Å². The summed E-state index contributed by atoms with van der Waals surface area (Å²) >= 11 is 0. The topological polar surface area (TPSA) is 37.0 Å². The number of para-hydroxylation sites is 2. The van der Waals surface area contributed by atoms with Crippen molar-refractivity contribution in [3.05, 3.63) is 78.9 Å². The van der Waals surface area contributed by atoms with Crippen LogP contribution in [0, 0.1) is 0 Å². The van der Waals surface area contributed by atoms with Gasteiger partial charge in [-0.25, -0.2) is 4.98 Å². The van der Waals surface area contributed by atoms with E-state index >= 15 is 0 Å². The van der Waals surface area contributed by atoms with Crippen molar-refractivity contribution in [2.75, 3.05) is 10.6 Å². The number of rotatable bonds is 1. The molecule has 2 heterocycles. The number of anilines is 2. The lowest BCUT2D eigenvalue weighted by molar-refractivity contribution is 0.649. The van der Waals surface area contributed by atoms with Crippen LogP contribution in [0.25, 0.3) is 43.7 Å². The monoisotopic (exact) mass is 375 g/mol. The molecule has 0 unspecified atom stereocenters. The summed E-state index contributed by atoms with van der Waals surface area (Å²) in [5, 5.41) is 12.1. The van der Waals surface area contributed by atoms with Gasteiger partial charge in [0.05, 0.1) is 11.0 Å². The first-order valence-electron chi connectivity index (χ1n) is 10.0. The van der Waals surface area contributed by atoms with Gasteiger partial charge in [-0.1, -0.05) is 54.6 Å². The summed E-state index contributed by atoms with van der Waals surface area (Å²) in [5.41, 5.74) is 6.71. The molecule has 5 aromatic rings. The Morgan fingerprint density at radius 2 is 1.21 bits per heavy atom. The van der Waals surface area contributed by atoms with Crippen LogP contribution in [-0.2, 0) is 0 Å². The smallest absolute Gasteiger partial charge is 0.102 e.